The quantitative estimate of drug-likeness (QED) is 0.544. The maximum absolute atomic E-state index is 12.4. The van der Waals surface area contributed by atoms with E-state index in [9.17, 15) is 9.59 Å². The molecule has 1 saturated heterocycles. The number of carbonyl (C=O) groups excluding carboxylic acids is 2. The number of likely N-dealkylation sites (tertiary alicyclic amines) is 1. The van der Waals surface area contributed by atoms with Crippen LogP contribution in [0.4, 0.5) is 0 Å². The van der Waals surface area contributed by atoms with E-state index in [0.717, 1.165) is 24.6 Å². The molecule has 3 aromatic rings. The zero-order chi connectivity index (χ0) is 22.3. The predicted molar refractivity (Wildman–Crippen MR) is 124 cm³/mol. The predicted octanol–water partition coefficient (Wildman–Crippen LogP) is 3.72. The summed E-state index contributed by atoms with van der Waals surface area (Å²) < 4.78 is 5.26. The molecule has 0 spiro atoms. The fraction of sp³-hybridized carbons (Fsp3) is 0.375. The summed E-state index contributed by atoms with van der Waals surface area (Å²) in [6.07, 6.45) is 2.35. The summed E-state index contributed by atoms with van der Waals surface area (Å²) in [5.74, 6) is 0.594. The Morgan fingerprint density at radius 3 is 2.66 bits per heavy atom. The minimum atomic E-state index is -0.439. The van der Waals surface area contributed by atoms with E-state index in [2.05, 4.69) is 39.1 Å². The minimum absolute atomic E-state index is 0.111. The molecule has 32 heavy (non-hydrogen) atoms. The van der Waals surface area contributed by atoms with E-state index >= 15 is 0 Å². The van der Waals surface area contributed by atoms with Crippen molar-refractivity contribution in [2.24, 2.45) is 5.92 Å². The number of amides is 2. The number of rotatable bonds is 8. The van der Waals surface area contributed by atoms with Crippen LogP contribution in [0, 0.1) is 5.92 Å². The van der Waals surface area contributed by atoms with Gasteiger partial charge in [-0.15, -0.1) is 11.3 Å². The van der Waals surface area contributed by atoms with E-state index in [0.29, 0.717) is 12.3 Å². The molecule has 1 atom stereocenters. The first-order chi connectivity index (χ1) is 15.6. The van der Waals surface area contributed by atoms with E-state index in [4.69, 9.17) is 4.52 Å². The molecule has 4 rings (SSSR count). The number of carbonyl (C=O) groups is 2. The molecule has 7 nitrogen and oxygen atoms in total. The van der Waals surface area contributed by atoms with Gasteiger partial charge in [0.15, 0.2) is 11.5 Å². The van der Waals surface area contributed by atoms with Crippen LogP contribution in [0.15, 0.2) is 58.4 Å². The molecule has 3 heterocycles. The van der Waals surface area contributed by atoms with E-state index in [1.807, 2.05) is 36.4 Å². The second kappa shape index (κ2) is 10.6. The van der Waals surface area contributed by atoms with E-state index in [1.54, 1.807) is 17.4 Å². The summed E-state index contributed by atoms with van der Waals surface area (Å²) >= 11 is 1.71. The van der Waals surface area contributed by atoms with Gasteiger partial charge < -0.3 is 15.2 Å². The van der Waals surface area contributed by atoms with Gasteiger partial charge >= 0.3 is 0 Å². The lowest BCUT2D eigenvalue weighted by Crippen LogP contribution is -2.44. The molecule has 1 aliphatic rings. The summed E-state index contributed by atoms with van der Waals surface area (Å²) in [6, 6.07) is 15.3. The fourth-order valence-electron chi connectivity index (χ4n) is 3.88. The lowest BCUT2D eigenvalue weighted by Gasteiger charge is -2.36. The van der Waals surface area contributed by atoms with E-state index in [1.165, 1.54) is 17.7 Å². The molecule has 2 amide bonds. The van der Waals surface area contributed by atoms with Crippen LogP contribution in [-0.4, -0.2) is 48.0 Å². The summed E-state index contributed by atoms with van der Waals surface area (Å²) in [7, 11) is 0. The Hall–Kier alpha value is -2.97. The number of hydrogen-bond donors (Lipinski definition) is 2. The number of aromatic nitrogens is 1. The molecule has 0 saturated carbocycles. The molecule has 2 N–H and O–H groups in total. The van der Waals surface area contributed by atoms with Crippen LogP contribution in [0.25, 0.3) is 11.3 Å². The van der Waals surface area contributed by atoms with Gasteiger partial charge in [0.25, 0.3) is 5.91 Å². The molecule has 0 aliphatic carbocycles. The average molecular weight is 453 g/mol. The van der Waals surface area contributed by atoms with E-state index < -0.39 is 5.91 Å². The van der Waals surface area contributed by atoms with Gasteiger partial charge in [0, 0.05) is 23.1 Å². The van der Waals surface area contributed by atoms with Crippen LogP contribution in [-0.2, 0) is 4.79 Å². The maximum atomic E-state index is 12.4. The summed E-state index contributed by atoms with van der Waals surface area (Å²) in [5.41, 5.74) is 0.985. The van der Waals surface area contributed by atoms with Crippen LogP contribution < -0.4 is 10.6 Å². The average Bonchev–Trinajstić information content (AvgIpc) is 3.52. The Kier molecular flexibility index (Phi) is 7.34. The van der Waals surface area contributed by atoms with Crippen LogP contribution in [0.1, 0.15) is 41.2 Å². The van der Waals surface area contributed by atoms with Crippen molar-refractivity contribution in [2.45, 2.75) is 25.8 Å². The first-order valence-corrected chi connectivity index (χ1v) is 11.8. The summed E-state index contributed by atoms with van der Waals surface area (Å²) in [5, 5.41) is 11.5. The zero-order valence-electron chi connectivity index (χ0n) is 18.1. The smallest absolute Gasteiger partial charge is 0.273 e. The molecule has 0 radical (unpaired) electrons. The van der Waals surface area contributed by atoms with Crippen molar-refractivity contribution < 1.29 is 14.1 Å². The monoisotopic (exact) mass is 452 g/mol. The van der Waals surface area contributed by atoms with Crippen molar-refractivity contribution in [3.8, 4) is 11.3 Å². The van der Waals surface area contributed by atoms with Gasteiger partial charge in [-0.3, -0.25) is 14.5 Å². The highest BCUT2D eigenvalue weighted by atomic mass is 32.1. The molecule has 1 aromatic carbocycles. The second-order valence-electron chi connectivity index (χ2n) is 8.18. The van der Waals surface area contributed by atoms with Crippen molar-refractivity contribution in [1.82, 2.24) is 20.7 Å². The van der Waals surface area contributed by atoms with Gasteiger partial charge in [-0.1, -0.05) is 48.5 Å². The van der Waals surface area contributed by atoms with Crippen molar-refractivity contribution in [2.75, 3.05) is 26.2 Å². The molecule has 1 aliphatic heterocycles. The van der Waals surface area contributed by atoms with Gasteiger partial charge in [-0.25, -0.2) is 0 Å². The SMILES string of the molecule is CC1CCN(C(CNC(=O)CNC(=O)c2cc(-c3ccccc3)on2)c2cccs2)CC1. The molecule has 1 unspecified atom stereocenters. The second-order valence-corrected chi connectivity index (χ2v) is 9.16. The van der Waals surface area contributed by atoms with Crippen molar-refractivity contribution >= 4 is 23.2 Å². The highest BCUT2D eigenvalue weighted by Gasteiger charge is 2.26. The molecule has 168 valence electrons. The Morgan fingerprint density at radius 1 is 1.16 bits per heavy atom. The Bertz CT molecular complexity index is 1010. The van der Waals surface area contributed by atoms with Crippen LogP contribution in [0.3, 0.4) is 0 Å². The van der Waals surface area contributed by atoms with E-state index in [-0.39, 0.29) is 24.2 Å². The first-order valence-electron chi connectivity index (χ1n) is 10.9. The molecule has 1 fully saturated rings. The van der Waals surface area contributed by atoms with Crippen LogP contribution in [0.2, 0.25) is 0 Å². The molecule has 8 heteroatoms. The molecular weight excluding hydrogens is 424 g/mol. The molecular formula is C24H28N4O3S. The first kappa shape index (κ1) is 22.2. The fourth-order valence-corrected chi connectivity index (χ4v) is 4.74. The van der Waals surface area contributed by atoms with Gasteiger partial charge in [-0.2, -0.15) is 0 Å². The Morgan fingerprint density at radius 2 is 1.94 bits per heavy atom. The van der Waals surface area contributed by atoms with Gasteiger partial charge in [0.05, 0.1) is 12.6 Å². The maximum Gasteiger partial charge on any atom is 0.273 e. The summed E-state index contributed by atoms with van der Waals surface area (Å²) in [6.45, 7) is 4.77. The van der Waals surface area contributed by atoms with Gasteiger partial charge in [-0.05, 0) is 43.3 Å². The third-order valence-corrected chi connectivity index (χ3v) is 6.81. The van der Waals surface area contributed by atoms with Crippen molar-refractivity contribution in [1.29, 1.82) is 0 Å². The number of nitrogens with zero attached hydrogens (tertiary/aromatic N) is 2. The van der Waals surface area contributed by atoms with Crippen LogP contribution in [0.5, 0.6) is 0 Å². The highest BCUT2D eigenvalue weighted by Crippen LogP contribution is 2.29. The molecule has 0 bridgehead atoms. The van der Waals surface area contributed by atoms with Gasteiger partial charge in [0.1, 0.15) is 0 Å². The number of nitrogens with one attached hydrogen (secondary N) is 2. The number of piperidine rings is 1. The van der Waals surface area contributed by atoms with Crippen molar-refractivity contribution in [3.05, 3.63) is 64.5 Å². The van der Waals surface area contributed by atoms with Crippen LogP contribution >= 0.6 is 11.3 Å². The standard InChI is InChI=1S/C24H28N4O3S/c1-17-9-11-28(12-10-17)20(22-8-5-13-32-22)15-25-23(29)16-26-24(30)19-14-21(31-27-19)18-6-3-2-4-7-18/h2-8,13-14,17,20H,9-12,15-16H2,1H3,(H,25,29)(H,26,30). The number of hydrogen-bond acceptors (Lipinski definition) is 6. The number of benzene rings is 1. The summed E-state index contributed by atoms with van der Waals surface area (Å²) in [4.78, 5) is 28.5. The minimum Gasteiger partial charge on any atom is -0.355 e. The largest absolute Gasteiger partial charge is 0.355 e. The number of thiophene rings is 1. The Balaban J connectivity index is 1.28. The molecule has 2 aromatic heterocycles. The third-order valence-electron chi connectivity index (χ3n) is 5.83. The van der Waals surface area contributed by atoms with Gasteiger partial charge in [0.2, 0.25) is 5.91 Å². The lowest BCUT2D eigenvalue weighted by molar-refractivity contribution is -0.120. The lowest BCUT2D eigenvalue weighted by atomic mass is 9.97. The Labute approximate surface area is 191 Å². The zero-order valence-corrected chi connectivity index (χ0v) is 18.9. The van der Waals surface area contributed by atoms with Crippen molar-refractivity contribution in [3.63, 3.8) is 0 Å². The normalized spacial score (nSPS) is 15.9. The highest BCUT2D eigenvalue weighted by molar-refractivity contribution is 7.10. The third kappa shape index (κ3) is 5.63. The topological polar surface area (TPSA) is 87.5 Å².